The molecule has 0 saturated carbocycles. The first-order chi connectivity index (χ1) is 23.4. The molecule has 0 aliphatic carbocycles. The largest absolute Gasteiger partial charge is 0.0620 e. The van der Waals surface area contributed by atoms with Gasteiger partial charge in [-0.15, -0.1) is 0 Å². The number of aryl methyl sites for hydroxylation is 4. The molecule has 48 heavy (non-hydrogen) atoms. The predicted molar refractivity (Wildman–Crippen MR) is 208 cm³/mol. The molecule has 0 aliphatic heterocycles. The van der Waals surface area contributed by atoms with E-state index >= 15 is 0 Å². The van der Waals surface area contributed by atoms with E-state index in [0.717, 1.165) is 0 Å². The summed E-state index contributed by atoms with van der Waals surface area (Å²) in [5, 5.41) is 10.5. The van der Waals surface area contributed by atoms with Gasteiger partial charge in [-0.25, -0.2) is 0 Å². The first-order valence-electron chi connectivity index (χ1n) is 16.9. The molecule has 0 bridgehead atoms. The molecule has 9 aromatic rings. The van der Waals surface area contributed by atoms with Gasteiger partial charge in [-0.05, 0) is 186 Å². The molecule has 0 heteroatoms. The number of hydrogen-bond acceptors (Lipinski definition) is 0. The Kier molecular flexibility index (Phi) is 6.49. The van der Waals surface area contributed by atoms with Gasteiger partial charge < -0.3 is 0 Å². The van der Waals surface area contributed by atoms with Crippen LogP contribution in [0.3, 0.4) is 0 Å². The average Bonchev–Trinajstić information content (AvgIpc) is 3.10. The van der Waals surface area contributed by atoms with Crippen LogP contribution in [0.4, 0.5) is 0 Å². The summed E-state index contributed by atoms with van der Waals surface area (Å²) >= 11 is 0. The fourth-order valence-electron chi connectivity index (χ4n) is 8.09. The van der Waals surface area contributed by atoms with Crippen LogP contribution >= 0.6 is 0 Å². The Morgan fingerprint density at radius 3 is 0.729 bits per heavy atom. The highest BCUT2D eigenvalue weighted by Gasteiger charge is 2.20. The summed E-state index contributed by atoms with van der Waals surface area (Å²) in [7, 11) is 0. The third-order valence-electron chi connectivity index (χ3n) is 10.5. The van der Waals surface area contributed by atoms with Crippen molar-refractivity contribution in [1.82, 2.24) is 0 Å². The standard InChI is InChI=1S/C48H36/c1-29-13-5-9-17-39(29)33-21-37-22-34(40-18-10-6-14-30(40)2)27-45-46-28-36(42-20-12-8-16-32(42)4)24-38-23-35(41-19-11-7-15-31(41)3)26-44(48(38)46)43(25-33)47(37)45/h5-28H,1-4H3. The molecule has 0 aromatic heterocycles. The summed E-state index contributed by atoms with van der Waals surface area (Å²) in [6, 6.07) is 54.6. The summed E-state index contributed by atoms with van der Waals surface area (Å²) in [5.41, 5.74) is 15.3. The van der Waals surface area contributed by atoms with Crippen LogP contribution in [0.25, 0.3) is 87.6 Å². The molecule has 0 heterocycles. The van der Waals surface area contributed by atoms with Crippen LogP contribution in [-0.2, 0) is 0 Å². The summed E-state index contributed by atoms with van der Waals surface area (Å²) in [4.78, 5) is 0. The maximum Gasteiger partial charge on any atom is -0.00255 e. The lowest BCUT2D eigenvalue weighted by Gasteiger charge is -2.21. The van der Waals surface area contributed by atoms with Gasteiger partial charge in [0.05, 0.1) is 0 Å². The molecule has 0 amide bonds. The van der Waals surface area contributed by atoms with Gasteiger partial charge in [0.15, 0.2) is 0 Å². The summed E-state index contributed by atoms with van der Waals surface area (Å²) in [6.07, 6.45) is 0. The fraction of sp³-hybridized carbons (Fsp3) is 0.0833. The Bertz CT molecular complexity index is 2340. The van der Waals surface area contributed by atoms with Crippen molar-refractivity contribution in [3.8, 4) is 44.5 Å². The SMILES string of the molecule is Cc1ccccc1-c1cc2cc(-c3ccccc3C)cc3c4cc(-c5ccccc5C)cc5cc(-c6ccccc6C)cc(c(c1)c23)c54. The van der Waals surface area contributed by atoms with Crippen molar-refractivity contribution in [1.29, 1.82) is 0 Å². The first-order valence-corrected chi connectivity index (χ1v) is 16.9. The van der Waals surface area contributed by atoms with E-state index in [-0.39, 0.29) is 0 Å². The number of hydrogen-bond donors (Lipinski definition) is 0. The molecule has 0 unspecified atom stereocenters. The Labute approximate surface area is 282 Å². The van der Waals surface area contributed by atoms with E-state index in [1.165, 1.54) is 110 Å². The normalized spacial score (nSPS) is 11.8. The first kappa shape index (κ1) is 28.5. The van der Waals surface area contributed by atoms with Crippen LogP contribution in [0.15, 0.2) is 146 Å². The monoisotopic (exact) mass is 612 g/mol. The van der Waals surface area contributed by atoms with E-state index in [1.807, 2.05) is 0 Å². The van der Waals surface area contributed by atoms with Crippen molar-refractivity contribution in [3.63, 3.8) is 0 Å². The van der Waals surface area contributed by atoms with E-state index < -0.39 is 0 Å². The highest BCUT2D eigenvalue weighted by atomic mass is 14.2. The molecule has 0 spiro atoms. The number of benzene rings is 9. The van der Waals surface area contributed by atoms with E-state index in [2.05, 4.69) is 173 Å². The minimum absolute atomic E-state index is 1.26. The maximum atomic E-state index is 2.45. The van der Waals surface area contributed by atoms with Crippen LogP contribution in [0, 0.1) is 27.7 Å². The second-order valence-corrected chi connectivity index (χ2v) is 13.6. The third kappa shape index (κ3) is 4.44. The smallest absolute Gasteiger partial charge is 0.00255 e. The molecule has 9 aromatic carbocycles. The molecule has 0 nitrogen and oxygen atoms in total. The second-order valence-electron chi connectivity index (χ2n) is 13.6. The molecule has 9 rings (SSSR count). The summed E-state index contributed by atoms with van der Waals surface area (Å²) < 4.78 is 0. The number of rotatable bonds is 4. The van der Waals surface area contributed by atoms with Gasteiger partial charge in [-0.3, -0.25) is 0 Å². The Balaban J connectivity index is 1.51. The third-order valence-corrected chi connectivity index (χ3v) is 10.5. The summed E-state index contributed by atoms with van der Waals surface area (Å²) in [5.74, 6) is 0. The van der Waals surface area contributed by atoms with E-state index in [1.54, 1.807) is 0 Å². The van der Waals surface area contributed by atoms with Gasteiger partial charge in [-0.2, -0.15) is 0 Å². The Morgan fingerprint density at radius 2 is 0.500 bits per heavy atom. The average molecular weight is 613 g/mol. The van der Waals surface area contributed by atoms with Crippen molar-refractivity contribution in [3.05, 3.63) is 168 Å². The van der Waals surface area contributed by atoms with Crippen LogP contribution in [0.1, 0.15) is 22.3 Å². The van der Waals surface area contributed by atoms with Crippen molar-refractivity contribution in [2.24, 2.45) is 0 Å². The topological polar surface area (TPSA) is 0 Å². The zero-order valence-corrected chi connectivity index (χ0v) is 27.9. The highest BCUT2D eigenvalue weighted by Crippen LogP contribution is 2.47. The zero-order valence-electron chi connectivity index (χ0n) is 27.9. The van der Waals surface area contributed by atoms with Gasteiger partial charge in [0.2, 0.25) is 0 Å². The lowest BCUT2D eigenvalue weighted by Crippen LogP contribution is -1.94. The van der Waals surface area contributed by atoms with Crippen molar-refractivity contribution < 1.29 is 0 Å². The zero-order chi connectivity index (χ0) is 32.5. The molecule has 0 atom stereocenters. The second kappa shape index (κ2) is 10.9. The fourth-order valence-corrected chi connectivity index (χ4v) is 8.09. The quantitative estimate of drug-likeness (QED) is 0.137. The van der Waals surface area contributed by atoms with Crippen LogP contribution in [-0.4, -0.2) is 0 Å². The lowest BCUT2D eigenvalue weighted by atomic mass is 9.83. The number of fused-ring (bicyclic) bond motifs is 2. The molecule has 0 aliphatic rings. The summed E-state index contributed by atoms with van der Waals surface area (Å²) in [6.45, 7) is 8.89. The van der Waals surface area contributed by atoms with Crippen LogP contribution in [0.5, 0.6) is 0 Å². The van der Waals surface area contributed by atoms with Gasteiger partial charge in [-0.1, -0.05) is 97.1 Å². The van der Waals surface area contributed by atoms with Gasteiger partial charge in [0.1, 0.15) is 0 Å². The van der Waals surface area contributed by atoms with Gasteiger partial charge in [0.25, 0.3) is 0 Å². The van der Waals surface area contributed by atoms with Crippen molar-refractivity contribution >= 4 is 43.1 Å². The molecule has 0 N–H and O–H groups in total. The minimum Gasteiger partial charge on any atom is -0.0620 e. The molecule has 0 fully saturated rings. The van der Waals surface area contributed by atoms with Gasteiger partial charge in [0, 0.05) is 0 Å². The highest BCUT2D eigenvalue weighted by molar-refractivity contribution is 6.35. The van der Waals surface area contributed by atoms with E-state index in [0.29, 0.717) is 0 Å². The molecule has 0 radical (unpaired) electrons. The Hall–Kier alpha value is -5.72. The molecule has 0 saturated heterocycles. The maximum absolute atomic E-state index is 2.45. The molecular weight excluding hydrogens is 577 g/mol. The minimum atomic E-state index is 1.26. The Morgan fingerprint density at radius 1 is 0.271 bits per heavy atom. The van der Waals surface area contributed by atoms with Gasteiger partial charge >= 0.3 is 0 Å². The van der Waals surface area contributed by atoms with Crippen LogP contribution in [0.2, 0.25) is 0 Å². The van der Waals surface area contributed by atoms with E-state index in [4.69, 9.17) is 0 Å². The van der Waals surface area contributed by atoms with Crippen LogP contribution < -0.4 is 0 Å². The lowest BCUT2D eigenvalue weighted by molar-refractivity contribution is 1.46. The van der Waals surface area contributed by atoms with Crippen molar-refractivity contribution in [2.75, 3.05) is 0 Å². The van der Waals surface area contributed by atoms with Crippen molar-refractivity contribution in [2.45, 2.75) is 27.7 Å². The molecular formula is C48H36. The predicted octanol–water partition coefficient (Wildman–Crippen LogP) is 13.6. The van der Waals surface area contributed by atoms with E-state index in [9.17, 15) is 0 Å². The molecule has 228 valence electrons.